The van der Waals surface area contributed by atoms with E-state index in [0.29, 0.717) is 17.5 Å². The molecule has 1 heterocycles. The van der Waals surface area contributed by atoms with Gasteiger partial charge in [-0.05, 0) is 55.2 Å². The summed E-state index contributed by atoms with van der Waals surface area (Å²) in [4.78, 5) is 15.8. The van der Waals surface area contributed by atoms with Gasteiger partial charge in [0, 0.05) is 22.7 Å². The first-order chi connectivity index (χ1) is 12.0. The minimum absolute atomic E-state index is 0.151. The summed E-state index contributed by atoms with van der Waals surface area (Å²) in [6.07, 6.45) is 2.44. The lowest BCUT2D eigenvalue weighted by Gasteiger charge is -2.18. The van der Waals surface area contributed by atoms with Crippen molar-refractivity contribution in [3.05, 3.63) is 64.8 Å². The molecule has 1 amide bonds. The number of H-pyrrole nitrogens is 1. The summed E-state index contributed by atoms with van der Waals surface area (Å²) in [6, 6.07) is 10.7. The van der Waals surface area contributed by atoms with E-state index in [0.717, 1.165) is 22.0 Å². The van der Waals surface area contributed by atoms with Crippen molar-refractivity contribution in [1.29, 1.82) is 0 Å². The number of phenols is 1. The number of fused-ring (bicyclic) bond motifs is 1. The number of aliphatic hydroxyl groups is 1. The monoisotopic (exact) mass is 338 g/mol. The van der Waals surface area contributed by atoms with E-state index in [9.17, 15) is 15.0 Å². The minimum atomic E-state index is -0.389. The molecular weight excluding hydrogens is 316 g/mol. The van der Waals surface area contributed by atoms with Gasteiger partial charge in [-0.25, -0.2) is 0 Å². The summed E-state index contributed by atoms with van der Waals surface area (Å²) in [5.74, 6) is -0.0777. The first-order valence-electron chi connectivity index (χ1n) is 8.27. The zero-order valence-electron chi connectivity index (χ0n) is 14.3. The Morgan fingerprint density at radius 2 is 1.92 bits per heavy atom. The molecule has 0 aliphatic rings. The normalized spacial score (nSPS) is 12.3. The maximum absolute atomic E-state index is 12.6. The average molecular weight is 338 g/mol. The Morgan fingerprint density at radius 1 is 1.16 bits per heavy atom. The van der Waals surface area contributed by atoms with E-state index in [1.165, 1.54) is 6.07 Å². The minimum Gasteiger partial charge on any atom is -0.508 e. The molecule has 0 saturated carbocycles. The Hall–Kier alpha value is -2.79. The Morgan fingerprint density at radius 3 is 2.68 bits per heavy atom. The number of benzene rings is 2. The van der Waals surface area contributed by atoms with Gasteiger partial charge in [0.05, 0.1) is 12.6 Å². The molecule has 1 aromatic heterocycles. The van der Waals surface area contributed by atoms with Crippen LogP contribution in [0.3, 0.4) is 0 Å². The highest BCUT2D eigenvalue weighted by molar-refractivity contribution is 5.96. The van der Waals surface area contributed by atoms with Crippen LogP contribution in [-0.4, -0.2) is 33.8 Å². The second-order valence-electron chi connectivity index (χ2n) is 6.30. The van der Waals surface area contributed by atoms with Gasteiger partial charge in [0.15, 0.2) is 0 Å². The zero-order valence-corrected chi connectivity index (χ0v) is 14.3. The smallest absolute Gasteiger partial charge is 0.251 e. The maximum atomic E-state index is 12.6. The molecule has 5 nitrogen and oxygen atoms in total. The number of carbonyl (C=O) groups excluding carboxylic acids is 1. The summed E-state index contributed by atoms with van der Waals surface area (Å²) in [5.41, 5.74) is 4.01. The summed E-state index contributed by atoms with van der Waals surface area (Å²) in [7, 11) is 0. The van der Waals surface area contributed by atoms with Gasteiger partial charge in [0.2, 0.25) is 0 Å². The fourth-order valence-electron chi connectivity index (χ4n) is 3.04. The molecule has 3 aromatic rings. The number of hydrogen-bond acceptors (Lipinski definition) is 3. The molecule has 0 aliphatic heterocycles. The molecule has 0 bridgehead atoms. The number of aromatic hydroxyl groups is 1. The molecule has 0 fully saturated rings. The number of amides is 1. The number of aromatic amines is 1. The van der Waals surface area contributed by atoms with Crippen LogP contribution >= 0.6 is 0 Å². The molecule has 4 N–H and O–H groups in total. The second-order valence-corrected chi connectivity index (χ2v) is 6.30. The van der Waals surface area contributed by atoms with Crippen LogP contribution in [0, 0.1) is 13.8 Å². The zero-order chi connectivity index (χ0) is 18.0. The predicted octanol–water partition coefficient (Wildman–Crippen LogP) is 2.82. The van der Waals surface area contributed by atoms with Crippen molar-refractivity contribution >= 4 is 16.8 Å². The van der Waals surface area contributed by atoms with Crippen LogP contribution in [0.25, 0.3) is 10.9 Å². The molecule has 1 atom stereocenters. The van der Waals surface area contributed by atoms with E-state index < -0.39 is 0 Å². The molecular formula is C20H22N2O3. The molecule has 3 rings (SSSR count). The quantitative estimate of drug-likeness (QED) is 0.577. The third kappa shape index (κ3) is 3.37. The summed E-state index contributed by atoms with van der Waals surface area (Å²) >= 11 is 0. The highest BCUT2D eigenvalue weighted by atomic mass is 16.3. The van der Waals surface area contributed by atoms with E-state index in [4.69, 9.17) is 0 Å². The Balaban J connectivity index is 1.78. The number of carbonyl (C=O) groups is 1. The molecule has 2 aromatic carbocycles. The van der Waals surface area contributed by atoms with E-state index in [1.807, 2.05) is 30.5 Å². The van der Waals surface area contributed by atoms with Crippen molar-refractivity contribution < 1.29 is 15.0 Å². The van der Waals surface area contributed by atoms with Gasteiger partial charge in [-0.3, -0.25) is 4.79 Å². The molecule has 0 saturated heterocycles. The van der Waals surface area contributed by atoms with Crippen LogP contribution in [0.2, 0.25) is 0 Å². The number of nitrogens with one attached hydrogen (secondary N) is 2. The van der Waals surface area contributed by atoms with Crippen molar-refractivity contribution in [2.45, 2.75) is 26.3 Å². The fourth-order valence-corrected chi connectivity index (χ4v) is 3.04. The molecule has 0 aliphatic carbocycles. The molecule has 0 radical (unpaired) electrons. The number of para-hydroxylation sites is 1. The van der Waals surface area contributed by atoms with Gasteiger partial charge in [-0.15, -0.1) is 0 Å². The SMILES string of the molecule is Cc1c(O)ccc(C(=O)NC(CO)Cc2c[nH]c3ccccc23)c1C. The summed E-state index contributed by atoms with van der Waals surface area (Å²) in [6.45, 7) is 3.43. The Bertz CT molecular complexity index is 914. The van der Waals surface area contributed by atoms with Crippen LogP contribution in [-0.2, 0) is 6.42 Å². The van der Waals surface area contributed by atoms with Crippen LogP contribution in [0.5, 0.6) is 5.75 Å². The third-order valence-electron chi connectivity index (χ3n) is 4.70. The number of phenolic OH excluding ortho intramolecular Hbond substituents is 1. The predicted molar refractivity (Wildman–Crippen MR) is 97.9 cm³/mol. The third-order valence-corrected chi connectivity index (χ3v) is 4.70. The van der Waals surface area contributed by atoms with E-state index in [2.05, 4.69) is 10.3 Å². The lowest BCUT2D eigenvalue weighted by atomic mass is 10.0. The number of hydrogen-bond donors (Lipinski definition) is 4. The topological polar surface area (TPSA) is 85.3 Å². The lowest BCUT2D eigenvalue weighted by Crippen LogP contribution is -2.39. The Kier molecular flexibility index (Phi) is 4.76. The number of aliphatic hydroxyl groups excluding tert-OH is 1. The fraction of sp³-hybridized carbons (Fsp3) is 0.250. The standard InChI is InChI=1S/C20H22N2O3/c1-12-13(2)19(24)8-7-16(12)20(25)22-15(11-23)9-14-10-21-18-6-4-3-5-17(14)18/h3-8,10,15,21,23-24H,9,11H2,1-2H3,(H,22,25). The lowest BCUT2D eigenvalue weighted by molar-refractivity contribution is 0.0916. The van der Waals surface area contributed by atoms with E-state index >= 15 is 0 Å². The first-order valence-corrected chi connectivity index (χ1v) is 8.27. The van der Waals surface area contributed by atoms with Gasteiger partial charge in [-0.2, -0.15) is 0 Å². The van der Waals surface area contributed by atoms with Crippen molar-refractivity contribution in [1.82, 2.24) is 10.3 Å². The number of rotatable bonds is 5. The van der Waals surface area contributed by atoms with Crippen LogP contribution in [0.15, 0.2) is 42.6 Å². The average Bonchev–Trinajstić information content (AvgIpc) is 3.02. The Labute approximate surface area is 146 Å². The van der Waals surface area contributed by atoms with Gasteiger partial charge >= 0.3 is 0 Å². The van der Waals surface area contributed by atoms with Crippen molar-refractivity contribution in [3.8, 4) is 5.75 Å². The van der Waals surface area contributed by atoms with Gasteiger partial charge in [0.25, 0.3) is 5.91 Å². The molecule has 130 valence electrons. The molecule has 1 unspecified atom stereocenters. The highest BCUT2D eigenvalue weighted by Gasteiger charge is 2.18. The first kappa shape index (κ1) is 17.0. The van der Waals surface area contributed by atoms with E-state index in [1.54, 1.807) is 19.9 Å². The largest absolute Gasteiger partial charge is 0.508 e. The summed E-state index contributed by atoms with van der Waals surface area (Å²) < 4.78 is 0. The van der Waals surface area contributed by atoms with Crippen molar-refractivity contribution in [2.24, 2.45) is 0 Å². The van der Waals surface area contributed by atoms with Gasteiger partial charge < -0.3 is 20.5 Å². The van der Waals surface area contributed by atoms with Crippen molar-refractivity contribution in [2.75, 3.05) is 6.61 Å². The van der Waals surface area contributed by atoms with Gasteiger partial charge in [0.1, 0.15) is 5.75 Å². The molecule has 25 heavy (non-hydrogen) atoms. The highest BCUT2D eigenvalue weighted by Crippen LogP contribution is 2.23. The second kappa shape index (κ2) is 6.99. The van der Waals surface area contributed by atoms with Crippen LogP contribution in [0.4, 0.5) is 0 Å². The van der Waals surface area contributed by atoms with Crippen LogP contribution < -0.4 is 5.32 Å². The van der Waals surface area contributed by atoms with E-state index in [-0.39, 0.29) is 24.3 Å². The maximum Gasteiger partial charge on any atom is 0.251 e. The molecule has 5 heteroatoms. The summed E-state index contributed by atoms with van der Waals surface area (Å²) in [5, 5.41) is 23.4. The van der Waals surface area contributed by atoms with Crippen molar-refractivity contribution in [3.63, 3.8) is 0 Å². The van der Waals surface area contributed by atoms with Gasteiger partial charge in [-0.1, -0.05) is 18.2 Å². The molecule has 0 spiro atoms. The van der Waals surface area contributed by atoms with Crippen LogP contribution in [0.1, 0.15) is 27.0 Å². The number of aromatic nitrogens is 1.